The molecule has 0 aromatic rings. The van der Waals surface area contributed by atoms with Crippen molar-refractivity contribution in [3.8, 4) is 6.07 Å². The van der Waals surface area contributed by atoms with Gasteiger partial charge in [-0.2, -0.15) is 5.26 Å². The first-order valence-corrected chi connectivity index (χ1v) is 2.76. The second-order valence-corrected chi connectivity index (χ2v) is 2.59. The lowest BCUT2D eigenvalue weighted by atomic mass is 9.74. The van der Waals surface area contributed by atoms with Crippen LogP contribution < -0.4 is 0 Å². The lowest BCUT2D eigenvalue weighted by Crippen LogP contribution is -2.36. The molecule has 1 aliphatic carbocycles. The average molecular weight is 113 g/mol. The number of rotatable bonds is 0. The summed E-state index contributed by atoms with van der Waals surface area (Å²) >= 11 is 0. The first-order chi connectivity index (χ1) is 3.66. The van der Waals surface area contributed by atoms with Crippen molar-refractivity contribution in [1.29, 1.82) is 5.26 Å². The van der Waals surface area contributed by atoms with Crippen LogP contribution in [0.4, 0.5) is 4.39 Å². The van der Waals surface area contributed by atoms with Crippen LogP contribution in [-0.4, -0.2) is 5.67 Å². The number of alkyl halides is 1. The molecule has 44 valence electrons. The molecule has 0 spiro atoms. The van der Waals surface area contributed by atoms with Crippen LogP contribution in [0.1, 0.15) is 19.8 Å². The van der Waals surface area contributed by atoms with Crippen molar-refractivity contribution in [3.63, 3.8) is 0 Å². The Hall–Kier alpha value is -0.580. The van der Waals surface area contributed by atoms with Crippen LogP contribution in [0.15, 0.2) is 0 Å². The van der Waals surface area contributed by atoms with Crippen molar-refractivity contribution < 1.29 is 4.39 Å². The maximum Gasteiger partial charge on any atom is 0.196 e. The fourth-order valence-corrected chi connectivity index (χ4v) is 1.14. The number of nitrogens with zero attached hydrogens (tertiary/aromatic N) is 1. The normalized spacial score (nSPS) is 44.9. The lowest BCUT2D eigenvalue weighted by molar-refractivity contribution is 0.0718. The minimum atomic E-state index is -1.46. The minimum Gasteiger partial charge on any atom is -0.227 e. The predicted molar refractivity (Wildman–Crippen MR) is 27.8 cm³/mol. The smallest absolute Gasteiger partial charge is 0.196 e. The Labute approximate surface area is 48.1 Å². The van der Waals surface area contributed by atoms with Crippen LogP contribution in [0, 0.1) is 17.2 Å². The second kappa shape index (κ2) is 1.45. The van der Waals surface area contributed by atoms with Gasteiger partial charge in [0.15, 0.2) is 5.67 Å². The maximum absolute atomic E-state index is 12.5. The molecule has 0 saturated heterocycles. The lowest BCUT2D eigenvalue weighted by Gasteiger charge is -2.33. The maximum atomic E-state index is 12.5. The molecule has 0 N–H and O–H groups in total. The number of nitriles is 1. The summed E-state index contributed by atoms with van der Waals surface area (Å²) in [5, 5.41) is 8.14. The van der Waals surface area contributed by atoms with Gasteiger partial charge in [0.05, 0.1) is 0 Å². The summed E-state index contributed by atoms with van der Waals surface area (Å²) in [4.78, 5) is 0. The molecule has 0 aliphatic heterocycles. The highest BCUT2D eigenvalue weighted by molar-refractivity contribution is 5.08. The molecule has 1 fully saturated rings. The largest absolute Gasteiger partial charge is 0.227 e. The highest BCUT2D eigenvalue weighted by Crippen LogP contribution is 2.39. The van der Waals surface area contributed by atoms with E-state index in [2.05, 4.69) is 0 Å². The van der Waals surface area contributed by atoms with E-state index in [0.29, 0.717) is 18.8 Å². The van der Waals surface area contributed by atoms with E-state index in [0.717, 1.165) is 0 Å². The molecule has 1 aliphatic rings. The Morgan fingerprint density at radius 1 is 1.75 bits per heavy atom. The van der Waals surface area contributed by atoms with Crippen LogP contribution in [0.3, 0.4) is 0 Å². The van der Waals surface area contributed by atoms with E-state index in [1.54, 1.807) is 6.07 Å². The van der Waals surface area contributed by atoms with E-state index < -0.39 is 5.67 Å². The Morgan fingerprint density at radius 3 is 2.38 bits per heavy atom. The highest BCUT2D eigenvalue weighted by atomic mass is 19.1. The van der Waals surface area contributed by atoms with Crippen molar-refractivity contribution in [2.75, 3.05) is 0 Å². The number of halogens is 1. The van der Waals surface area contributed by atoms with Crippen molar-refractivity contribution in [3.05, 3.63) is 0 Å². The molecule has 0 heterocycles. The molecule has 0 aromatic heterocycles. The van der Waals surface area contributed by atoms with Crippen LogP contribution in [0.25, 0.3) is 0 Å². The SMILES string of the molecule is CC1CC(F)(C#N)C1. The predicted octanol–water partition coefficient (Wildman–Crippen LogP) is 1.65. The minimum absolute atomic E-state index is 0.416. The number of hydrogen-bond donors (Lipinski definition) is 0. The molecule has 1 rings (SSSR count). The third-order valence-electron chi connectivity index (χ3n) is 1.54. The van der Waals surface area contributed by atoms with Gasteiger partial charge in [-0.25, -0.2) is 4.39 Å². The van der Waals surface area contributed by atoms with Gasteiger partial charge >= 0.3 is 0 Å². The van der Waals surface area contributed by atoms with Gasteiger partial charge in [-0.1, -0.05) is 6.92 Å². The van der Waals surface area contributed by atoms with Crippen LogP contribution in [0.5, 0.6) is 0 Å². The summed E-state index contributed by atoms with van der Waals surface area (Å²) in [6.07, 6.45) is 0.868. The molecular formula is C6H8FN. The number of hydrogen-bond acceptors (Lipinski definition) is 1. The summed E-state index contributed by atoms with van der Waals surface area (Å²) in [5.74, 6) is 0.416. The van der Waals surface area contributed by atoms with Gasteiger partial charge in [-0.15, -0.1) is 0 Å². The van der Waals surface area contributed by atoms with E-state index in [1.807, 2.05) is 6.92 Å². The first kappa shape index (κ1) is 5.55. The van der Waals surface area contributed by atoms with Gasteiger partial charge in [0.25, 0.3) is 0 Å². The molecule has 1 saturated carbocycles. The fraction of sp³-hybridized carbons (Fsp3) is 0.833. The Bertz CT molecular complexity index is 130. The van der Waals surface area contributed by atoms with Crippen molar-refractivity contribution in [2.45, 2.75) is 25.4 Å². The van der Waals surface area contributed by atoms with Crippen LogP contribution in [0.2, 0.25) is 0 Å². The van der Waals surface area contributed by atoms with Gasteiger partial charge in [0.2, 0.25) is 0 Å². The summed E-state index contributed by atoms with van der Waals surface area (Å²) in [5.41, 5.74) is -1.46. The van der Waals surface area contributed by atoms with Gasteiger partial charge < -0.3 is 0 Å². The molecule has 8 heavy (non-hydrogen) atoms. The molecule has 0 unspecified atom stereocenters. The Morgan fingerprint density at radius 2 is 2.25 bits per heavy atom. The zero-order valence-corrected chi connectivity index (χ0v) is 4.82. The van der Waals surface area contributed by atoms with E-state index in [9.17, 15) is 4.39 Å². The first-order valence-electron chi connectivity index (χ1n) is 2.76. The Balaban J connectivity index is 2.44. The standard InChI is InChI=1S/C6H8FN/c1-5-2-6(7,3-5)4-8/h5H,2-3H2,1H3. The van der Waals surface area contributed by atoms with Crippen molar-refractivity contribution in [1.82, 2.24) is 0 Å². The van der Waals surface area contributed by atoms with Crippen LogP contribution >= 0.6 is 0 Å². The fourth-order valence-electron chi connectivity index (χ4n) is 1.14. The zero-order valence-electron chi connectivity index (χ0n) is 4.82. The van der Waals surface area contributed by atoms with Gasteiger partial charge in [0.1, 0.15) is 6.07 Å². The third kappa shape index (κ3) is 0.686. The summed E-state index contributed by atoms with van der Waals surface area (Å²) in [6, 6.07) is 1.64. The summed E-state index contributed by atoms with van der Waals surface area (Å²) in [7, 11) is 0. The molecule has 0 aromatic carbocycles. The van der Waals surface area contributed by atoms with E-state index in [-0.39, 0.29) is 0 Å². The second-order valence-electron chi connectivity index (χ2n) is 2.59. The van der Waals surface area contributed by atoms with E-state index in [1.165, 1.54) is 0 Å². The molecule has 0 amide bonds. The topological polar surface area (TPSA) is 23.8 Å². The average Bonchev–Trinajstić information content (AvgIpc) is 1.63. The third-order valence-corrected chi connectivity index (χ3v) is 1.54. The van der Waals surface area contributed by atoms with Crippen LogP contribution in [-0.2, 0) is 0 Å². The summed E-state index contributed by atoms with van der Waals surface area (Å²) in [6.45, 7) is 1.95. The molecule has 0 radical (unpaired) electrons. The highest BCUT2D eigenvalue weighted by Gasteiger charge is 2.42. The Kier molecular flexibility index (Phi) is 1.00. The quantitative estimate of drug-likeness (QED) is 0.468. The molecule has 0 atom stereocenters. The summed E-state index contributed by atoms with van der Waals surface area (Å²) < 4.78 is 12.5. The van der Waals surface area contributed by atoms with Crippen molar-refractivity contribution in [2.24, 2.45) is 5.92 Å². The molecule has 0 bridgehead atoms. The van der Waals surface area contributed by atoms with Gasteiger partial charge in [-0.05, 0) is 18.8 Å². The van der Waals surface area contributed by atoms with Gasteiger partial charge in [0, 0.05) is 0 Å². The zero-order chi connectivity index (χ0) is 6.20. The van der Waals surface area contributed by atoms with E-state index >= 15 is 0 Å². The van der Waals surface area contributed by atoms with Crippen molar-refractivity contribution >= 4 is 0 Å². The molecule has 1 nitrogen and oxygen atoms in total. The van der Waals surface area contributed by atoms with E-state index in [4.69, 9.17) is 5.26 Å². The monoisotopic (exact) mass is 113 g/mol. The molecular weight excluding hydrogens is 105 g/mol. The van der Waals surface area contributed by atoms with Gasteiger partial charge in [-0.3, -0.25) is 0 Å². The molecule has 2 heteroatoms.